The molecule has 35 heavy (non-hydrogen) atoms. The van der Waals surface area contributed by atoms with Crippen molar-refractivity contribution in [2.75, 3.05) is 63.7 Å². The van der Waals surface area contributed by atoms with Crippen LogP contribution in [-0.2, 0) is 9.53 Å². The van der Waals surface area contributed by atoms with Crippen LogP contribution in [0.3, 0.4) is 0 Å². The van der Waals surface area contributed by atoms with Crippen LogP contribution in [-0.4, -0.2) is 95.7 Å². The Kier molecular flexibility index (Phi) is 8.45. The van der Waals surface area contributed by atoms with Gasteiger partial charge in [-0.15, -0.1) is 0 Å². The number of morpholine rings is 1. The number of aromatic nitrogens is 3. The van der Waals surface area contributed by atoms with Crippen molar-refractivity contribution in [1.29, 1.82) is 0 Å². The third-order valence-corrected chi connectivity index (χ3v) is 5.96. The summed E-state index contributed by atoms with van der Waals surface area (Å²) in [7, 11) is 1.49. The lowest BCUT2D eigenvalue weighted by atomic mass is 10.3. The predicted octanol–water partition coefficient (Wildman–Crippen LogP) is 1.69. The van der Waals surface area contributed by atoms with Crippen LogP contribution in [0.2, 0.25) is 5.02 Å². The van der Waals surface area contributed by atoms with E-state index in [9.17, 15) is 9.59 Å². The lowest BCUT2D eigenvalue weighted by Crippen LogP contribution is -2.36. The van der Waals surface area contributed by atoms with Crippen LogP contribution in [0.1, 0.15) is 16.9 Å². The normalized spacial score (nSPS) is 18.6. The van der Waals surface area contributed by atoms with E-state index >= 15 is 0 Å². The average Bonchev–Trinajstić information content (AvgIpc) is 3.34. The van der Waals surface area contributed by atoms with Crippen molar-refractivity contribution in [3.8, 4) is 5.88 Å². The second-order valence-corrected chi connectivity index (χ2v) is 8.58. The molecule has 2 aliphatic heterocycles. The number of amides is 2. The van der Waals surface area contributed by atoms with Crippen LogP contribution in [0.5, 0.6) is 5.88 Å². The summed E-state index contributed by atoms with van der Waals surface area (Å²) in [6, 6.07) is 3.28. The minimum Gasteiger partial charge on any atom is -0.480 e. The molecule has 0 saturated carbocycles. The van der Waals surface area contributed by atoms with E-state index in [4.69, 9.17) is 21.1 Å². The van der Waals surface area contributed by atoms with Crippen molar-refractivity contribution in [3.63, 3.8) is 0 Å². The summed E-state index contributed by atoms with van der Waals surface area (Å²) in [6.45, 7) is 4.93. The number of hydrogen-bond acceptors (Lipinski definition) is 9. The van der Waals surface area contributed by atoms with Crippen LogP contribution in [0.15, 0.2) is 36.7 Å². The zero-order valence-electron chi connectivity index (χ0n) is 19.4. The van der Waals surface area contributed by atoms with Crippen molar-refractivity contribution in [2.45, 2.75) is 12.5 Å². The second-order valence-electron chi connectivity index (χ2n) is 8.17. The van der Waals surface area contributed by atoms with Gasteiger partial charge in [-0.2, -0.15) is 4.98 Å². The summed E-state index contributed by atoms with van der Waals surface area (Å²) >= 11 is 5.97. The number of methoxy groups -OCH3 is 1. The molecule has 0 unspecified atom stereocenters. The van der Waals surface area contributed by atoms with E-state index in [1.165, 1.54) is 25.6 Å². The smallest absolute Gasteiger partial charge is 0.272 e. The average molecular weight is 502 g/mol. The number of nitrogens with zero attached hydrogens (tertiary/aromatic N) is 5. The molecular formula is C23H28ClN7O4. The zero-order valence-corrected chi connectivity index (χ0v) is 20.2. The Labute approximate surface area is 208 Å². The molecule has 2 N–H and O–H groups in total. The molecule has 1 atom stereocenters. The summed E-state index contributed by atoms with van der Waals surface area (Å²) in [5.41, 5.74) is 0.841. The van der Waals surface area contributed by atoms with E-state index in [1.54, 1.807) is 17.0 Å². The number of carbonyl (C=O) groups is 2. The Hall–Kier alpha value is -3.28. The fraction of sp³-hybridized carbons (Fsp3) is 0.435. The Bertz CT molecular complexity index is 1060. The van der Waals surface area contributed by atoms with Gasteiger partial charge in [0, 0.05) is 44.8 Å². The van der Waals surface area contributed by atoms with Gasteiger partial charge in [0.15, 0.2) is 0 Å². The highest BCUT2D eigenvalue weighted by Crippen LogP contribution is 2.23. The van der Waals surface area contributed by atoms with E-state index in [0.717, 1.165) is 32.7 Å². The highest BCUT2D eigenvalue weighted by atomic mass is 35.5. The standard InChI is InChI=1S/C23H28ClN7O4/c1-34-21-18(24)14-26-23(29-21)28-17-6-8-31(15-17)22(33)19-5-4-16(13-25-19)27-20(32)3-2-7-30-9-11-35-12-10-30/h2-5,13-14,17H,6-12,15H2,1H3,(H,27,32)(H,26,28,29)/b3-2+/t17-/m0/s1. The molecule has 4 heterocycles. The third-order valence-electron chi connectivity index (χ3n) is 5.70. The van der Waals surface area contributed by atoms with E-state index in [-0.39, 0.29) is 17.9 Å². The number of pyridine rings is 1. The summed E-state index contributed by atoms with van der Waals surface area (Å²) in [5, 5.41) is 6.30. The van der Waals surface area contributed by atoms with E-state index in [1.807, 2.05) is 6.08 Å². The molecule has 4 rings (SSSR count). The zero-order chi connectivity index (χ0) is 24.6. The maximum absolute atomic E-state index is 12.9. The fourth-order valence-electron chi connectivity index (χ4n) is 3.84. The second kappa shape index (κ2) is 11.9. The van der Waals surface area contributed by atoms with E-state index < -0.39 is 0 Å². The SMILES string of the molecule is COc1nc(N[C@H]2CCN(C(=O)c3ccc(NC(=O)/C=C/CN4CCOCC4)cn3)C2)ncc1Cl. The number of rotatable bonds is 8. The van der Waals surface area contributed by atoms with Gasteiger partial charge < -0.3 is 25.0 Å². The van der Waals surface area contributed by atoms with Crippen LogP contribution in [0.4, 0.5) is 11.6 Å². The van der Waals surface area contributed by atoms with E-state index in [2.05, 4.69) is 30.5 Å². The van der Waals surface area contributed by atoms with Crippen LogP contribution in [0.25, 0.3) is 0 Å². The maximum atomic E-state index is 12.9. The lowest BCUT2D eigenvalue weighted by Gasteiger charge is -2.24. The first kappa shape index (κ1) is 24.8. The fourth-order valence-corrected chi connectivity index (χ4v) is 4.01. The number of nitrogens with one attached hydrogen (secondary N) is 2. The van der Waals surface area contributed by atoms with Crippen molar-refractivity contribution >= 4 is 35.1 Å². The van der Waals surface area contributed by atoms with Crippen LogP contribution >= 0.6 is 11.6 Å². The predicted molar refractivity (Wildman–Crippen MR) is 131 cm³/mol. The van der Waals surface area contributed by atoms with Crippen LogP contribution < -0.4 is 15.4 Å². The Morgan fingerprint density at radius 1 is 1.23 bits per heavy atom. The monoisotopic (exact) mass is 501 g/mol. The minimum atomic E-state index is -0.242. The summed E-state index contributed by atoms with van der Waals surface area (Å²) < 4.78 is 10.4. The molecule has 2 aliphatic rings. The van der Waals surface area contributed by atoms with Gasteiger partial charge in [0.05, 0.1) is 38.4 Å². The molecule has 0 radical (unpaired) electrons. The summed E-state index contributed by atoms with van der Waals surface area (Å²) in [6.07, 6.45) is 7.03. The minimum absolute atomic E-state index is 0.00681. The first-order valence-corrected chi connectivity index (χ1v) is 11.8. The maximum Gasteiger partial charge on any atom is 0.272 e. The van der Waals surface area contributed by atoms with Crippen molar-refractivity contribution in [2.24, 2.45) is 0 Å². The molecule has 2 aromatic rings. The Morgan fingerprint density at radius 3 is 2.80 bits per heavy atom. The molecule has 2 amide bonds. The first-order chi connectivity index (χ1) is 17.0. The molecular weight excluding hydrogens is 474 g/mol. The highest BCUT2D eigenvalue weighted by Gasteiger charge is 2.28. The van der Waals surface area contributed by atoms with Gasteiger partial charge in [0.2, 0.25) is 17.7 Å². The molecule has 0 bridgehead atoms. The van der Waals surface area contributed by atoms with Gasteiger partial charge in [0.1, 0.15) is 10.7 Å². The van der Waals surface area contributed by atoms with Crippen molar-refractivity contribution < 1.29 is 19.1 Å². The third kappa shape index (κ3) is 6.87. The van der Waals surface area contributed by atoms with Gasteiger partial charge in [-0.05, 0) is 18.6 Å². The molecule has 186 valence electrons. The molecule has 2 fully saturated rings. The molecule has 2 aromatic heterocycles. The number of hydrogen-bond donors (Lipinski definition) is 2. The molecule has 12 heteroatoms. The number of ether oxygens (including phenoxy) is 2. The molecule has 0 aliphatic carbocycles. The van der Waals surface area contributed by atoms with Gasteiger partial charge in [-0.25, -0.2) is 9.97 Å². The molecule has 0 spiro atoms. The molecule has 2 saturated heterocycles. The summed E-state index contributed by atoms with van der Waals surface area (Å²) in [5.74, 6) is 0.266. The van der Waals surface area contributed by atoms with Crippen LogP contribution in [0, 0.1) is 0 Å². The first-order valence-electron chi connectivity index (χ1n) is 11.4. The lowest BCUT2D eigenvalue weighted by molar-refractivity contribution is -0.111. The summed E-state index contributed by atoms with van der Waals surface area (Å²) in [4.78, 5) is 41.6. The number of halogens is 1. The molecule has 11 nitrogen and oxygen atoms in total. The van der Waals surface area contributed by atoms with Crippen molar-refractivity contribution in [1.82, 2.24) is 24.8 Å². The van der Waals surface area contributed by atoms with E-state index in [0.29, 0.717) is 47.9 Å². The van der Waals surface area contributed by atoms with Gasteiger partial charge in [-0.3, -0.25) is 14.5 Å². The Balaban J connectivity index is 1.25. The largest absolute Gasteiger partial charge is 0.480 e. The van der Waals surface area contributed by atoms with Gasteiger partial charge in [-0.1, -0.05) is 17.7 Å². The quantitative estimate of drug-likeness (QED) is 0.520. The van der Waals surface area contributed by atoms with Gasteiger partial charge >= 0.3 is 0 Å². The molecule has 0 aromatic carbocycles. The number of likely N-dealkylation sites (tertiary alicyclic amines) is 1. The van der Waals surface area contributed by atoms with Crippen molar-refractivity contribution in [3.05, 3.63) is 47.4 Å². The number of carbonyl (C=O) groups excluding carboxylic acids is 2. The van der Waals surface area contributed by atoms with Gasteiger partial charge in [0.25, 0.3) is 5.91 Å². The highest BCUT2D eigenvalue weighted by molar-refractivity contribution is 6.31. The topological polar surface area (TPSA) is 122 Å². The Morgan fingerprint density at radius 2 is 2.06 bits per heavy atom. The number of anilines is 2.